The van der Waals surface area contributed by atoms with E-state index in [0.29, 0.717) is 0 Å². The fourth-order valence-electron chi connectivity index (χ4n) is 4.01. The molecule has 0 saturated carbocycles. The number of aromatic nitrogens is 1. The van der Waals surface area contributed by atoms with Crippen LogP contribution in [0.5, 0.6) is 0 Å². The van der Waals surface area contributed by atoms with E-state index in [1.54, 1.807) is 0 Å². The Morgan fingerprint density at radius 1 is 0.969 bits per heavy atom. The summed E-state index contributed by atoms with van der Waals surface area (Å²) >= 11 is 0. The van der Waals surface area contributed by atoms with Gasteiger partial charge in [-0.25, -0.2) is 13.4 Å². The average Bonchev–Trinajstić information content (AvgIpc) is 2.77. The van der Waals surface area contributed by atoms with Crippen LogP contribution < -0.4 is 4.90 Å². The van der Waals surface area contributed by atoms with Gasteiger partial charge in [0, 0.05) is 37.8 Å². The molecule has 3 aromatic rings. The summed E-state index contributed by atoms with van der Waals surface area (Å²) in [7, 11) is -3.02. The fourth-order valence-corrected chi connectivity index (χ4v) is 4.81. The summed E-state index contributed by atoms with van der Waals surface area (Å²) in [5.74, 6) is 1.12. The zero-order chi connectivity index (χ0) is 21.8. The van der Waals surface area contributed by atoms with Crippen molar-refractivity contribution in [2.75, 3.05) is 43.9 Å². The Morgan fingerprint density at radius 2 is 1.66 bits per heavy atom. The number of rotatable bonds is 6. The number of sulfone groups is 1. The van der Waals surface area contributed by atoms with Gasteiger partial charge < -0.3 is 9.80 Å². The maximum absolute atomic E-state index is 11.5. The summed E-state index contributed by atoms with van der Waals surface area (Å²) in [6, 6.07) is 18.2. The summed E-state index contributed by atoms with van der Waals surface area (Å²) in [5, 5.41) is 2.38. The largest absolute Gasteiger partial charge is 0.354 e. The van der Waals surface area contributed by atoms with Crippen LogP contribution in [0.1, 0.15) is 31.2 Å². The number of nitrogens with zero attached hydrogens (tertiary/aromatic N) is 3. The van der Waals surface area contributed by atoms with Gasteiger partial charge in [-0.1, -0.05) is 69.0 Å². The van der Waals surface area contributed by atoms with E-state index in [1.807, 2.05) is 36.4 Å². The second kappa shape index (κ2) is 10.3. The minimum absolute atomic E-state index is 0. The average molecular weight is 452 g/mol. The molecule has 6 heteroatoms. The molecule has 1 aliphatic heterocycles. The third-order valence-corrected chi connectivity index (χ3v) is 6.57. The summed E-state index contributed by atoms with van der Waals surface area (Å²) < 4.78 is 22.9. The highest BCUT2D eigenvalue weighted by Gasteiger charge is 2.19. The van der Waals surface area contributed by atoms with Gasteiger partial charge in [-0.3, -0.25) is 0 Å². The lowest BCUT2D eigenvalue weighted by atomic mass is 10.1. The molecule has 0 bridgehead atoms. The van der Waals surface area contributed by atoms with Crippen LogP contribution in [0.4, 0.5) is 5.82 Å². The smallest absolute Gasteiger partial charge is 0.151 e. The van der Waals surface area contributed by atoms with E-state index in [1.165, 1.54) is 17.0 Å². The molecule has 0 aliphatic carbocycles. The van der Waals surface area contributed by atoms with Crippen LogP contribution in [0, 0.1) is 0 Å². The molecule has 1 fully saturated rings. The first-order chi connectivity index (χ1) is 14.9. The van der Waals surface area contributed by atoms with Crippen LogP contribution in [0.3, 0.4) is 0 Å². The van der Waals surface area contributed by atoms with Crippen molar-refractivity contribution in [3.63, 3.8) is 0 Å². The van der Waals surface area contributed by atoms with Crippen molar-refractivity contribution in [2.45, 2.75) is 20.1 Å². The zero-order valence-corrected chi connectivity index (χ0v) is 19.0. The molecule has 0 spiro atoms. The van der Waals surface area contributed by atoms with E-state index < -0.39 is 9.84 Å². The number of benzene rings is 2. The predicted molar refractivity (Wildman–Crippen MR) is 137 cm³/mol. The Bertz CT molecular complexity index is 1180. The van der Waals surface area contributed by atoms with Gasteiger partial charge in [-0.05, 0) is 35.2 Å². The molecule has 4 rings (SSSR count). The third kappa shape index (κ3) is 5.96. The highest BCUT2D eigenvalue weighted by molar-refractivity contribution is 7.89. The molecular weight excluding hydrogens is 418 g/mol. The number of fused-ring (bicyclic) bond motifs is 1. The fraction of sp³-hybridized carbons (Fsp3) is 0.346. The maximum Gasteiger partial charge on any atom is 0.151 e. The topological polar surface area (TPSA) is 53.5 Å². The van der Waals surface area contributed by atoms with Gasteiger partial charge in [0.15, 0.2) is 9.84 Å². The number of hydrogen-bond donors (Lipinski definition) is 0. The van der Waals surface area contributed by atoms with Gasteiger partial charge in [0.2, 0.25) is 0 Å². The van der Waals surface area contributed by atoms with Gasteiger partial charge >= 0.3 is 0 Å². The second-order valence-electron chi connectivity index (χ2n) is 8.16. The van der Waals surface area contributed by atoms with Crippen molar-refractivity contribution in [1.82, 2.24) is 9.88 Å². The molecule has 1 aliphatic rings. The molecular formula is C26H33N3O2S. The van der Waals surface area contributed by atoms with Gasteiger partial charge in [-0.2, -0.15) is 0 Å². The molecule has 0 atom stereocenters. The highest BCUT2D eigenvalue weighted by Crippen LogP contribution is 2.27. The molecule has 0 unspecified atom stereocenters. The molecule has 5 nitrogen and oxygen atoms in total. The standard InChI is InChI=1S/C25H29N3O2S.CH4/c1-3-27-14-16-28(17-15-27)25-24-7-5-4-6-22(24)18-23(26-25)13-12-20-8-10-21(11-9-20)19-31(2,29)30;/h4-13,18H,3,14-17,19H2,1-2H3;1H4/b13-12+;. The Balaban J connectivity index is 0.00000289. The second-order valence-corrected chi connectivity index (χ2v) is 10.3. The van der Waals surface area contributed by atoms with E-state index in [9.17, 15) is 8.42 Å². The van der Waals surface area contributed by atoms with Gasteiger partial charge in [-0.15, -0.1) is 0 Å². The monoisotopic (exact) mass is 451 g/mol. The first-order valence-corrected chi connectivity index (χ1v) is 12.8. The predicted octanol–water partition coefficient (Wildman–Crippen LogP) is 4.73. The number of piperazine rings is 1. The zero-order valence-electron chi connectivity index (χ0n) is 18.2. The Hall–Kier alpha value is -2.70. The van der Waals surface area contributed by atoms with Crippen LogP contribution >= 0.6 is 0 Å². The first kappa shape index (κ1) is 24.0. The van der Waals surface area contributed by atoms with Crippen molar-refractivity contribution < 1.29 is 8.42 Å². The molecule has 1 aromatic heterocycles. The Morgan fingerprint density at radius 3 is 2.31 bits per heavy atom. The third-order valence-electron chi connectivity index (χ3n) is 5.71. The van der Waals surface area contributed by atoms with E-state index in [-0.39, 0.29) is 13.2 Å². The Kier molecular flexibility index (Phi) is 7.69. The quantitative estimate of drug-likeness (QED) is 0.542. The van der Waals surface area contributed by atoms with Gasteiger partial charge in [0.25, 0.3) is 0 Å². The van der Waals surface area contributed by atoms with Crippen LogP contribution in [0.25, 0.3) is 22.9 Å². The molecule has 0 amide bonds. The minimum Gasteiger partial charge on any atom is -0.354 e. The molecule has 32 heavy (non-hydrogen) atoms. The summed E-state index contributed by atoms with van der Waals surface area (Å²) in [6.45, 7) is 7.40. The van der Waals surface area contributed by atoms with Crippen molar-refractivity contribution in [1.29, 1.82) is 0 Å². The number of pyridine rings is 1. The van der Waals surface area contributed by atoms with E-state index in [0.717, 1.165) is 55.4 Å². The number of anilines is 1. The number of likely N-dealkylation sites (N-methyl/N-ethyl adjacent to an activating group) is 1. The van der Waals surface area contributed by atoms with Crippen molar-refractivity contribution >= 4 is 38.6 Å². The van der Waals surface area contributed by atoms with E-state index >= 15 is 0 Å². The van der Waals surface area contributed by atoms with Crippen molar-refractivity contribution in [3.05, 3.63) is 71.4 Å². The van der Waals surface area contributed by atoms with Gasteiger partial charge in [0.1, 0.15) is 5.82 Å². The van der Waals surface area contributed by atoms with E-state index in [4.69, 9.17) is 4.98 Å². The van der Waals surface area contributed by atoms with Crippen molar-refractivity contribution in [3.8, 4) is 0 Å². The molecule has 1 saturated heterocycles. The van der Waals surface area contributed by atoms with Crippen LogP contribution in [0.2, 0.25) is 0 Å². The summed E-state index contributed by atoms with van der Waals surface area (Å²) in [5.41, 5.74) is 2.74. The SMILES string of the molecule is C.CCN1CCN(c2nc(/C=C/c3ccc(CS(C)(=O)=O)cc3)cc3ccccc23)CC1. The molecule has 0 radical (unpaired) electrons. The molecule has 0 N–H and O–H groups in total. The summed E-state index contributed by atoms with van der Waals surface area (Å²) in [4.78, 5) is 9.86. The Labute approximate surface area is 192 Å². The summed E-state index contributed by atoms with van der Waals surface area (Å²) in [6.07, 6.45) is 5.32. The minimum atomic E-state index is -3.02. The van der Waals surface area contributed by atoms with Crippen molar-refractivity contribution in [2.24, 2.45) is 0 Å². The lowest BCUT2D eigenvalue weighted by Crippen LogP contribution is -2.46. The number of hydrogen-bond acceptors (Lipinski definition) is 5. The lowest BCUT2D eigenvalue weighted by Gasteiger charge is -2.35. The lowest BCUT2D eigenvalue weighted by molar-refractivity contribution is 0.271. The molecule has 2 heterocycles. The molecule has 170 valence electrons. The van der Waals surface area contributed by atoms with Crippen LogP contribution in [0.15, 0.2) is 54.6 Å². The van der Waals surface area contributed by atoms with Crippen LogP contribution in [-0.2, 0) is 15.6 Å². The van der Waals surface area contributed by atoms with E-state index in [2.05, 4.69) is 47.1 Å². The maximum atomic E-state index is 11.5. The normalized spacial score (nSPS) is 15.2. The first-order valence-electron chi connectivity index (χ1n) is 10.7. The van der Waals surface area contributed by atoms with Gasteiger partial charge in [0.05, 0.1) is 11.4 Å². The van der Waals surface area contributed by atoms with Crippen LogP contribution in [-0.4, -0.2) is 57.3 Å². The molecule has 2 aromatic carbocycles. The highest BCUT2D eigenvalue weighted by atomic mass is 32.2.